The Morgan fingerprint density at radius 3 is 0.395 bits per heavy atom. The SMILES string of the molecule is CCCCCCCCCCCCCCCCC(CCCC)(CCCC)C(=O)[O-].CCCCCCCCCCCCCCCCC(CCCC)(CCCC)C(=O)[O-].CCCCCCCCCCCCCCCCC(CCCC)(CCCC)C(=O)[O-].[Cl][Sn+3]. The fourth-order valence-corrected chi connectivity index (χ4v) is 13.1. The molecule has 512 valence electrons. The van der Waals surface area contributed by atoms with E-state index < -0.39 is 34.2 Å². The zero-order chi connectivity index (χ0) is 64.8. The van der Waals surface area contributed by atoms with Crippen LogP contribution >= 0.6 is 8.92 Å². The van der Waals surface area contributed by atoms with Crippen molar-refractivity contribution in [3.63, 3.8) is 0 Å². The third kappa shape index (κ3) is 58.6. The molecule has 0 aliphatic heterocycles. The zero-order valence-electron chi connectivity index (χ0n) is 59.9. The summed E-state index contributed by atoms with van der Waals surface area (Å²) in [7, 11) is 4.73. The number of rotatable bonds is 66. The molecule has 86 heavy (non-hydrogen) atoms. The standard InChI is InChI=1S/3C26H52O2.ClH.Sn/c3*1-4-7-10-11-12-13-14-15-16-17-18-19-20-21-24-26(25(27)28,22-8-5-2)23-9-6-3;;/h3*4-24H2,1-3H3,(H,27,28);1H;/q;;;;+4/p-4. The molecule has 0 unspecified atom stereocenters. The molecule has 0 saturated heterocycles. The second-order valence-corrected chi connectivity index (χ2v) is 27.4. The minimum atomic E-state index is -0.788. The van der Waals surface area contributed by atoms with Gasteiger partial charge in [0, 0.05) is 34.2 Å². The van der Waals surface area contributed by atoms with E-state index in [2.05, 4.69) is 62.3 Å². The summed E-state index contributed by atoms with van der Waals surface area (Å²) in [6, 6.07) is 0. The molecule has 0 N–H and O–H groups in total. The van der Waals surface area contributed by atoms with E-state index in [1.54, 1.807) is 0 Å². The van der Waals surface area contributed by atoms with Gasteiger partial charge < -0.3 is 29.7 Å². The van der Waals surface area contributed by atoms with E-state index in [4.69, 9.17) is 8.92 Å². The summed E-state index contributed by atoms with van der Waals surface area (Å²) in [6.45, 7) is 19.7. The summed E-state index contributed by atoms with van der Waals surface area (Å²) in [5.41, 5.74) is -1.66. The minimum absolute atomic E-state index is 0.552. The maximum atomic E-state index is 11.9. The Morgan fingerprint density at radius 1 is 0.198 bits per heavy atom. The molecule has 0 radical (unpaired) electrons. The van der Waals surface area contributed by atoms with E-state index >= 15 is 0 Å². The molecule has 0 fully saturated rings. The van der Waals surface area contributed by atoms with Crippen molar-refractivity contribution in [1.82, 2.24) is 0 Å². The van der Waals surface area contributed by atoms with Gasteiger partial charge in [0.1, 0.15) is 0 Å². The van der Waals surface area contributed by atoms with Crippen LogP contribution in [0.2, 0.25) is 0 Å². The first-order valence-electron chi connectivity index (χ1n) is 38.7. The number of hydrogen-bond donors (Lipinski definition) is 0. The molecule has 0 bridgehead atoms. The molecule has 0 rings (SSSR count). The van der Waals surface area contributed by atoms with Gasteiger partial charge in [-0.25, -0.2) is 0 Å². The van der Waals surface area contributed by atoms with Crippen LogP contribution < -0.4 is 15.3 Å². The van der Waals surface area contributed by atoms with Gasteiger partial charge in [-0.1, -0.05) is 409 Å². The molecule has 0 aromatic rings. The van der Waals surface area contributed by atoms with Crippen molar-refractivity contribution in [2.75, 3.05) is 0 Å². The summed E-state index contributed by atoms with van der Waals surface area (Å²) < 4.78 is 0. The normalized spacial score (nSPS) is 11.6. The van der Waals surface area contributed by atoms with Crippen LogP contribution in [0, 0.1) is 16.2 Å². The molecule has 0 aliphatic carbocycles. The molecule has 0 aliphatic rings. The number of carboxylic acids is 3. The van der Waals surface area contributed by atoms with Crippen LogP contribution in [-0.4, -0.2) is 39.3 Å². The molecule has 0 spiro atoms. The average molecular weight is 1340 g/mol. The summed E-state index contributed by atoms with van der Waals surface area (Å²) in [5, 5.41) is 35.7. The van der Waals surface area contributed by atoms with E-state index in [0.717, 1.165) is 175 Å². The van der Waals surface area contributed by atoms with Crippen LogP contribution in [0.4, 0.5) is 0 Å². The molecule has 0 atom stereocenters. The maximum absolute atomic E-state index is 11.9. The van der Waals surface area contributed by atoms with Gasteiger partial charge in [0.2, 0.25) is 0 Å². The fourth-order valence-electron chi connectivity index (χ4n) is 13.1. The van der Waals surface area contributed by atoms with Gasteiger partial charge in [-0.05, 0) is 57.8 Å². The van der Waals surface area contributed by atoms with E-state index in [1.807, 2.05) is 0 Å². The van der Waals surface area contributed by atoms with Gasteiger partial charge in [0.15, 0.2) is 0 Å². The van der Waals surface area contributed by atoms with Crippen LogP contribution in [0.5, 0.6) is 0 Å². The van der Waals surface area contributed by atoms with Crippen LogP contribution in [0.1, 0.15) is 467 Å². The van der Waals surface area contributed by atoms with E-state index in [0.29, 0.717) is 0 Å². The average Bonchev–Trinajstić information content (AvgIpc) is 3.71. The number of unbranched alkanes of at least 4 members (excludes halogenated alkanes) is 45. The van der Waals surface area contributed by atoms with Crippen molar-refractivity contribution in [2.24, 2.45) is 16.2 Å². The molecule has 8 heteroatoms. The fraction of sp³-hybridized carbons (Fsp3) is 0.962. The molecular formula is C78H153ClO6Sn. The Hall–Kier alpha value is -0.501. The summed E-state index contributed by atoms with van der Waals surface area (Å²) in [4.78, 5) is 35.7. The van der Waals surface area contributed by atoms with Gasteiger partial charge in [0.25, 0.3) is 0 Å². The van der Waals surface area contributed by atoms with Crippen molar-refractivity contribution in [3.05, 3.63) is 0 Å². The van der Waals surface area contributed by atoms with Gasteiger partial charge in [0.05, 0.1) is 0 Å². The second-order valence-electron chi connectivity index (χ2n) is 27.4. The number of carbonyl (C=O) groups is 3. The van der Waals surface area contributed by atoms with Crippen LogP contribution in [-0.2, 0) is 14.4 Å². The molecule has 0 aromatic carbocycles. The zero-order valence-corrected chi connectivity index (χ0v) is 63.5. The van der Waals surface area contributed by atoms with Gasteiger partial charge in [-0.3, -0.25) is 0 Å². The number of hydrogen-bond acceptors (Lipinski definition) is 6. The van der Waals surface area contributed by atoms with Crippen molar-refractivity contribution < 1.29 is 29.7 Å². The first-order valence-corrected chi connectivity index (χ1v) is 42.3. The number of aliphatic carboxylic acids is 3. The summed E-state index contributed by atoms with van der Waals surface area (Å²) >= 11 is 1.02. The number of carbonyl (C=O) groups excluding carboxylic acids is 3. The topological polar surface area (TPSA) is 120 Å². The molecule has 6 nitrogen and oxygen atoms in total. The third-order valence-corrected chi connectivity index (χ3v) is 19.4. The molecule has 0 heterocycles. The van der Waals surface area contributed by atoms with Crippen molar-refractivity contribution >= 4 is 48.2 Å². The van der Waals surface area contributed by atoms with Crippen molar-refractivity contribution in [3.8, 4) is 0 Å². The van der Waals surface area contributed by atoms with E-state index in [1.165, 1.54) is 250 Å². The number of halogens is 1. The van der Waals surface area contributed by atoms with Crippen LogP contribution in [0.3, 0.4) is 0 Å². The summed E-state index contributed by atoms with van der Waals surface area (Å²) in [6.07, 6.45) is 76.2. The second kappa shape index (κ2) is 73.5. The van der Waals surface area contributed by atoms with Crippen molar-refractivity contribution in [2.45, 2.75) is 467 Å². The quantitative estimate of drug-likeness (QED) is 0.0442. The number of carboxylic acid groups (broad SMARTS) is 3. The monoisotopic (exact) mass is 1340 g/mol. The molecule has 0 saturated carbocycles. The molecule has 0 amide bonds. The van der Waals surface area contributed by atoms with Crippen molar-refractivity contribution in [1.29, 1.82) is 0 Å². The van der Waals surface area contributed by atoms with Gasteiger partial charge in [-0.15, -0.1) is 0 Å². The van der Waals surface area contributed by atoms with E-state index in [9.17, 15) is 29.7 Å². The Balaban J connectivity index is -0.000000577. The Kier molecular flexibility index (Phi) is 78.6. The molecular weight excluding hydrogens is 1190 g/mol. The summed E-state index contributed by atoms with van der Waals surface area (Å²) in [5.74, 6) is -2.36. The first-order chi connectivity index (χ1) is 41.9. The Bertz CT molecular complexity index is 1160. The van der Waals surface area contributed by atoms with Crippen LogP contribution in [0.15, 0.2) is 0 Å². The predicted octanol–water partition coefficient (Wildman–Crippen LogP) is 24.2. The Morgan fingerprint density at radius 2 is 0.291 bits per heavy atom. The Labute approximate surface area is 557 Å². The predicted molar refractivity (Wildman–Crippen MR) is 376 cm³/mol. The van der Waals surface area contributed by atoms with Crippen LogP contribution in [0.25, 0.3) is 0 Å². The van der Waals surface area contributed by atoms with Gasteiger partial charge in [-0.2, -0.15) is 0 Å². The molecule has 0 aromatic heterocycles. The van der Waals surface area contributed by atoms with E-state index in [-0.39, 0.29) is 0 Å². The first kappa shape index (κ1) is 91.9. The third-order valence-electron chi connectivity index (χ3n) is 19.4. The van der Waals surface area contributed by atoms with Gasteiger partial charge >= 0.3 is 30.3 Å².